The molecule has 2 aliphatic carbocycles. The number of benzene rings is 2. The lowest BCUT2D eigenvalue weighted by Crippen LogP contribution is -2.49. The predicted molar refractivity (Wildman–Crippen MR) is 162 cm³/mol. The number of aryl methyl sites for hydroxylation is 1. The minimum atomic E-state index is -0.420. The number of halogens is 1. The molecule has 0 bridgehead atoms. The van der Waals surface area contributed by atoms with Crippen LogP contribution in [0.2, 0.25) is 5.02 Å². The molecule has 216 valence electrons. The summed E-state index contributed by atoms with van der Waals surface area (Å²) in [6.07, 6.45) is 11.0. The number of carbonyl (C=O) groups is 1. The summed E-state index contributed by atoms with van der Waals surface area (Å²) >= 11 is 6.40. The topological polar surface area (TPSA) is 59.0 Å². The highest BCUT2D eigenvalue weighted by Gasteiger charge is 2.44. The molecule has 5 rings (SSSR count). The summed E-state index contributed by atoms with van der Waals surface area (Å²) in [6.45, 7) is 8.82. The smallest absolute Gasteiger partial charge is 0.338 e. The maximum atomic E-state index is 12.9. The standard InChI is InChI=1S/C34H44ClNO4/c1-4-5-6-9-31(37)28-13-10-26(28)19-36-21-34(16-7-8-24-17-27(35)12-14-29(24)34)22-40-32-15-11-25(18-30(32)36)33(38)39-20-23(2)3/h6,9,11-12,14-15,17-18,23,26,28,31,37H,4-5,7-8,10,13,16,19-22H2,1-3H3/b9-6+/t26-,28+,31+,34-/m0/s1. The molecule has 0 radical (unpaired) electrons. The number of carbonyl (C=O) groups excluding carboxylic acids is 1. The monoisotopic (exact) mass is 565 g/mol. The quantitative estimate of drug-likeness (QED) is 0.254. The van der Waals surface area contributed by atoms with Crippen LogP contribution in [0.1, 0.15) is 80.8 Å². The van der Waals surface area contributed by atoms with Crippen LogP contribution in [0, 0.1) is 17.8 Å². The van der Waals surface area contributed by atoms with Gasteiger partial charge in [-0.05, 0) is 97.7 Å². The van der Waals surface area contributed by atoms with Crippen molar-refractivity contribution in [3.05, 3.63) is 70.3 Å². The van der Waals surface area contributed by atoms with Crippen molar-refractivity contribution < 1.29 is 19.4 Å². The highest BCUT2D eigenvalue weighted by molar-refractivity contribution is 6.30. The van der Waals surface area contributed by atoms with Gasteiger partial charge in [-0.25, -0.2) is 4.79 Å². The fourth-order valence-corrected chi connectivity index (χ4v) is 6.86. The fraction of sp³-hybridized carbons (Fsp3) is 0.559. The second kappa shape index (κ2) is 12.6. The molecule has 0 amide bonds. The molecule has 0 aromatic heterocycles. The number of aliphatic hydroxyl groups excluding tert-OH is 1. The van der Waals surface area contributed by atoms with Crippen LogP contribution in [-0.2, 0) is 16.6 Å². The van der Waals surface area contributed by atoms with Crippen molar-refractivity contribution in [2.24, 2.45) is 17.8 Å². The lowest BCUT2D eigenvalue weighted by atomic mass is 9.68. The van der Waals surface area contributed by atoms with Gasteiger partial charge in [0.1, 0.15) is 5.75 Å². The number of esters is 1. The Hall–Kier alpha value is -2.50. The first-order chi connectivity index (χ1) is 19.3. The van der Waals surface area contributed by atoms with E-state index in [1.165, 1.54) is 11.1 Å². The van der Waals surface area contributed by atoms with Gasteiger partial charge in [-0.1, -0.05) is 57.0 Å². The molecule has 1 aliphatic heterocycles. The molecule has 1 N–H and O–H groups in total. The van der Waals surface area contributed by atoms with E-state index in [1.807, 2.05) is 44.2 Å². The number of aliphatic hydroxyl groups is 1. The Morgan fingerprint density at radius 1 is 1.25 bits per heavy atom. The van der Waals surface area contributed by atoms with Crippen LogP contribution in [0.15, 0.2) is 48.6 Å². The molecule has 1 saturated carbocycles. The summed E-state index contributed by atoms with van der Waals surface area (Å²) < 4.78 is 12.1. The van der Waals surface area contributed by atoms with E-state index in [1.54, 1.807) is 0 Å². The average molecular weight is 566 g/mol. The first kappa shape index (κ1) is 29.0. The molecular weight excluding hydrogens is 522 g/mol. The van der Waals surface area contributed by atoms with E-state index in [0.29, 0.717) is 24.7 Å². The first-order valence-electron chi connectivity index (χ1n) is 15.1. The maximum absolute atomic E-state index is 12.9. The fourth-order valence-electron chi connectivity index (χ4n) is 6.67. The van der Waals surface area contributed by atoms with Crippen molar-refractivity contribution in [2.75, 3.05) is 31.2 Å². The molecule has 1 spiro atoms. The Bertz CT molecular complexity index is 1230. The van der Waals surface area contributed by atoms with Gasteiger partial charge in [0.2, 0.25) is 0 Å². The van der Waals surface area contributed by atoms with Gasteiger partial charge in [0, 0.05) is 23.5 Å². The van der Waals surface area contributed by atoms with E-state index >= 15 is 0 Å². The number of nitrogens with zero attached hydrogens (tertiary/aromatic N) is 1. The molecule has 3 aliphatic rings. The van der Waals surface area contributed by atoms with Gasteiger partial charge in [0.25, 0.3) is 0 Å². The van der Waals surface area contributed by atoms with Gasteiger partial charge in [-0.15, -0.1) is 0 Å². The first-order valence-corrected chi connectivity index (χ1v) is 15.5. The predicted octanol–water partition coefficient (Wildman–Crippen LogP) is 7.37. The van der Waals surface area contributed by atoms with Crippen LogP contribution < -0.4 is 9.64 Å². The number of unbranched alkanes of at least 4 members (excludes halogenated alkanes) is 1. The van der Waals surface area contributed by atoms with Crippen LogP contribution in [0.5, 0.6) is 5.75 Å². The van der Waals surface area contributed by atoms with Crippen LogP contribution in [0.4, 0.5) is 5.69 Å². The Balaban J connectivity index is 1.47. The van der Waals surface area contributed by atoms with E-state index in [-0.39, 0.29) is 23.2 Å². The van der Waals surface area contributed by atoms with Gasteiger partial charge in [-0.3, -0.25) is 0 Å². The second-order valence-corrected chi connectivity index (χ2v) is 12.9. The Kier molecular flexibility index (Phi) is 9.11. The molecule has 4 atom stereocenters. The van der Waals surface area contributed by atoms with E-state index in [0.717, 1.165) is 74.5 Å². The Morgan fingerprint density at radius 2 is 2.10 bits per heavy atom. The molecule has 6 heteroatoms. The van der Waals surface area contributed by atoms with Gasteiger partial charge < -0.3 is 19.5 Å². The van der Waals surface area contributed by atoms with Crippen molar-refractivity contribution in [1.82, 2.24) is 0 Å². The van der Waals surface area contributed by atoms with E-state index in [2.05, 4.69) is 30.0 Å². The zero-order valence-corrected chi connectivity index (χ0v) is 25.0. The van der Waals surface area contributed by atoms with Gasteiger partial charge >= 0.3 is 5.97 Å². The summed E-state index contributed by atoms with van der Waals surface area (Å²) in [5.41, 5.74) is 3.95. The third-order valence-electron chi connectivity index (χ3n) is 8.98. The van der Waals surface area contributed by atoms with Crippen molar-refractivity contribution in [3.8, 4) is 5.75 Å². The summed E-state index contributed by atoms with van der Waals surface area (Å²) in [6, 6.07) is 12.0. The molecule has 1 fully saturated rings. The SMILES string of the molecule is CCC/C=C/[C@@H](O)[C@@H]1CC[C@H]1CN1C[C@@]2(CCCc3cc(Cl)ccc32)COc2ccc(C(=O)OCC(C)C)cc21. The van der Waals surface area contributed by atoms with Crippen LogP contribution in [-0.4, -0.2) is 43.5 Å². The second-order valence-electron chi connectivity index (χ2n) is 12.5. The number of hydrogen-bond donors (Lipinski definition) is 1. The van der Waals surface area contributed by atoms with Crippen LogP contribution in [0.25, 0.3) is 0 Å². The Morgan fingerprint density at radius 3 is 2.85 bits per heavy atom. The molecule has 2 aromatic rings. The molecule has 40 heavy (non-hydrogen) atoms. The molecule has 0 unspecified atom stereocenters. The minimum Gasteiger partial charge on any atom is -0.490 e. The van der Waals surface area contributed by atoms with Crippen LogP contribution in [0.3, 0.4) is 0 Å². The summed E-state index contributed by atoms with van der Waals surface area (Å²) in [7, 11) is 0. The summed E-state index contributed by atoms with van der Waals surface area (Å²) in [4.78, 5) is 15.4. The van der Waals surface area contributed by atoms with Crippen molar-refractivity contribution in [2.45, 2.75) is 77.2 Å². The van der Waals surface area contributed by atoms with Crippen molar-refractivity contribution in [1.29, 1.82) is 0 Å². The molecule has 5 nitrogen and oxygen atoms in total. The average Bonchev–Trinajstić information content (AvgIpc) is 3.06. The molecule has 0 saturated heterocycles. The third kappa shape index (κ3) is 6.21. The molecule has 2 aromatic carbocycles. The van der Waals surface area contributed by atoms with Crippen molar-refractivity contribution in [3.63, 3.8) is 0 Å². The number of fused-ring (bicyclic) bond motifs is 3. The van der Waals surface area contributed by atoms with Gasteiger partial charge in [0.05, 0.1) is 30.6 Å². The van der Waals surface area contributed by atoms with E-state index in [4.69, 9.17) is 21.1 Å². The normalized spacial score (nSPS) is 24.7. The lowest BCUT2D eigenvalue weighted by molar-refractivity contribution is 0.0456. The van der Waals surface area contributed by atoms with E-state index < -0.39 is 6.10 Å². The van der Waals surface area contributed by atoms with Gasteiger partial charge in [-0.2, -0.15) is 0 Å². The number of anilines is 1. The molecule has 1 heterocycles. The highest BCUT2D eigenvalue weighted by Crippen LogP contribution is 2.46. The lowest BCUT2D eigenvalue weighted by Gasteiger charge is -2.45. The summed E-state index contributed by atoms with van der Waals surface area (Å²) in [5, 5.41) is 11.7. The zero-order valence-electron chi connectivity index (χ0n) is 24.2. The van der Waals surface area contributed by atoms with Crippen LogP contribution >= 0.6 is 11.6 Å². The Labute approximate surface area is 244 Å². The number of ether oxygens (including phenoxy) is 2. The number of allylic oxidation sites excluding steroid dienone is 1. The highest BCUT2D eigenvalue weighted by atomic mass is 35.5. The van der Waals surface area contributed by atoms with Gasteiger partial charge in [0.15, 0.2) is 0 Å². The maximum Gasteiger partial charge on any atom is 0.338 e. The van der Waals surface area contributed by atoms with Crippen molar-refractivity contribution >= 4 is 23.3 Å². The number of hydrogen-bond acceptors (Lipinski definition) is 5. The summed E-state index contributed by atoms with van der Waals surface area (Å²) in [5.74, 6) is 1.39. The largest absolute Gasteiger partial charge is 0.490 e. The zero-order chi connectivity index (χ0) is 28.3. The third-order valence-corrected chi connectivity index (χ3v) is 9.21. The van der Waals surface area contributed by atoms with E-state index in [9.17, 15) is 9.90 Å². The molecular formula is C34H44ClNO4. The minimum absolute atomic E-state index is 0.172. The number of rotatable bonds is 9.